The Morgan fingerprint density at radius 1 is 1.15 bits per heavy atom. The van der Waals surface area contributed by atoms with Crippen molar-refractivity contribution in [3.05, 3.63) is 47.0 Å². The maximum Gasteiger partial charge on any atom is 0.320 e. The fourth-order valence-electron chi connectivity index (χ4n) is 5.78. The van der Waals surface area contributed by atoms with Gasteiger partial charge in [-0.25, -0.2) is 9.97 Å². The highest BCUT2D eigenvalue weighted by molar-refractivity contribution is 6.03. The molecule has 9 nitrogen and oxygen atoms in total. The molecule has 3 heterocycles. The molecule has 0 unspecified atom stereocenters. The molecule has 1 atom stereocenters. The number of imidazole rings is 2. The van der Waals surface area contributed by atoms with Crippen molar-refractivity contribution < 1.29 is 10.0 Å². The normalized spacial score (nSPS) is 19.4. The van der Waals surface area contributed by atoms with Gasteiger partial charge in [0, 0.05) is 37.2 Å². The summed E-state index contributed by atoms with van der Waals surface area (Å²) in [6.07, 6.45) is 10.5. The molecule has 0 bridgehead atoms. The molecule has 1 aliphatic heterocycles. The van der Waals surface area contributed by atoms with E-state index >= 15 is 0 Å². The number of fused-ring (bicyclic) bond motifs is 2. The molecule has 1 aliphatic carbocycles. The number of benzene rings is 2. The summed E-state index contributed by atoms with van der Waals surface area (Å²) in [5.74, 6) is 0.123. The molecule has 34 heavy (non-hydrogen) atoms. The Kier molecular flexibility index (Phi) is 5.21. The largest absolute Gasteiger partial charge is 0.396 e. The summed E-state index contributed by atoms with van der Waals surface area (Å²) in [5, 5.41) is 21.7. The first-order valence-electron chi connectivity index (χ1n) is 12.1. The number of nitrogens with one attached hydrogen (secondary N) is 1. The molecule has 2 N–H and O–H groups in total. The van der Waals surface area contributed by atoms with E-state index in [0.717, 1.165) is 28.6 Å². The molecule has 1 saturated carbocycles. The molecule has 2 fully saturated rings. The van der Waals surface area contributed by atoms with E-state index in [0.29, 0.717) is 35.9 Å². The lowest BCUT2D eigenvalue weighted by Crippen LogP contribution is -2.21. The molecule has 6 rings (SSSR count). The van der Waals surface area contributed by atoms with Gasteiger partial charge in [-0.1, -0.05) is 25.3 Å². The fourth-order valence-corrected chi connectivity index (χ4v) is 5.78. The number of nitro benzene ring substituents is 1. The first-order valence-corrected chi connectivity index (χ1v) is 12.1. The Morgan fingerprint density at radius 2 is 2.00 bits per heavy atom. The first kappa shape index (κ1) is 21.1. The second-order valence-electron chi connectivity index (χ2n) is 9.61. The van der Waals surface area contributed by atoms with Crippen LogP contribution in [0.4, 0.5) is 11.4 Å². The number of anilines is 1. The number of nitrogens with zero attached hydrogens (tertiary/aromatic N) is 5. The molecule has 176 valence electrons. The summed E-state index contributed by atoms with van der Waals surface area (Å²) in [5.41, 5.74) is 5.46. The summed E-state index contributed by atoms with van der Waals surface area (Å²) < 4.78 is 2.31. The summed E-state index contributed by atoms with van der Waals surface area (Å²) in [7, 11) is 0. The van der Waals surface area contributed by atoms with Crippen molar-refractivity contribution in [3.63, 3.8) is 0 Å². The summed E-state index contributed by atoms with van der Waals surface area (Å²) in [6.45, 7) is 1.35. The lowest BCUT2D eigenvalue weighted by Gasteiger charge is -2.23. The maximum absolute atomic E-state index is 12.1. The minimum Gasteiger partial charge on any atom is -0.396 e. The van der Waals surface area contributed by atoms with Gasteiger partial charge in [-0.15, -0.1) is 0 Å². The molecular formula is C25H28N6O3. The number of aliphatic hydroxyl groups is 1. The van der Waals surface area contributed by atoms with Crippen LogP contribution in [-0.2, 0) is 0 Å². The number of aromatic nitrogens is 4. The lowest BCUT2D eigenvalue weighted by atomic mass is 9.95. The van der Waals surface area contributed by atoms with Gasteiger partial charge in [-0.05, 0) is 43.0 Å². The third-order valence-electron chi connectivity index (χ3n) is 7.58. The van der Waals surface area contributed by atoms with Crippen molar-refractivity contribution in [2.45, 2.75) is 44.6 Å². The van der Waals surface area contributed by atoms with Gasteiger partial charge in [0.1, 0.15) is 5.69 Å². The second kappa shape index (κ2) is 8.39. The van der Waals surface area contributed by atoms with Crippen LogP contribution in [0.25, 0.3) is 33.2 Å². The number of hydrogen-bond donors (Lipinski definition) is 2. The van der Waals surface area contributed by atoms with Crippen LogP contribution in [0.15, 0.2) is 36.9 Å². The van der Waals surface area contributed by atoms with Gasteiger partial charge >= 0.3 is 5.69 Å². The molecule has 0 radical (unpaired) electrons. The minimum absolute atomic E-state index is 0.0150. The highest BCUT2D eigenvalue weighted by Crippen LogP contribution is 2.42. The average Bonchev–Trinajstić information content (AvgIpc) is 3.62. The molecule has 0 spiro atoms. The fraction of sp³-hybridized carbons (Fsp3) is 0.440. The molecule has 2 aromatic heterocycles. The Labute approximate surface area is 196 Å². The van der Waals surface area contributed by atoms with E-state index in [2.05, 4.69) is 32.7 Å². The zero-order chi connectivity index (χ0) is 23.2. The van der Waals surface area contributed by atoms with Crippen LogP contribution in [-0.4, -0.2) is 49.2 Å². The van der Waals surface area contributed by atoms with Crippen LogP contribution >= 0.6 is 0 Å². The predicted octanol–water partition coefficient (Wildman–Crippen LogP) is 4.81. The highest BCUT2D eigenvalue weighted by atomic mass is 16.6. The zero-order valence-corrected chi connectivity index (χ0v) is 19.0. The van der Waals surface area contributed by atoms with Crippen LogP contribution in [0.5, 0.6) is 0 Å². The highest BCUT2D eigenvalue weighted by Gasteiger charge is 2.31. The molecule has 2 aromatic carbocycles. The lowest BCUT2D eigenvalue weighted by molar-refractivity contribution is -0.382. The SMILES string of the molecule is O=[N+]([O-])c1c(N2CC[C@H](CO)C2)cc(-c2ccc3c(c2)ncn3C2CCCCC2)c2[nH]cnc12. The summed E-state index contributed by atoms with van der Waals surface area (Å²) in [4.78, 5) is 25.9. The predicted molar refractivity (Wildman–Crippen MR) is 131 cm³/mol. The van der Waals surface area contributed by atoms with Gasteiger partial charge < -0.3 is 19.6 Å². The number of H-pyrrole nitrogens is 1. The van der Waals surface area contributed by atoms with Crippen molar-refractivity contribution in [1.29, 1.82) is 0 Å². The van der Waals surface area contributed by atoms with E-state index in [9.17, 15) is 15.2 Å². The van der Waals surface area contributed by atoms with Crippen molar-refractivity contribution >= 4 is 33.4 Å². The molecule has 2 aliphatic rings. The zero-order valence-electron chi connectivity index (χ0n) is 19.0. The van der Waals surface area contributed by atoms with E-state index < -0.39 is 0 Å². The number of aromatic amines is 1. The molecular weight excluding hydrogens is 432 g/mol. The van der Waals surface area contributed by atoms with Crippen LogP contribution in [0.1, 0.15) is 44.6 Å². The third-order valence-corrected chi connectivity index (χ3v) is 7.58. The average molecular weight is 461 g/mol. The van der Waals surface area contributed by atoms with Gasteiger partial charge in [-0.3, -0.25) is 10.1 Å². The Morgan fingerprint density at radius 3 is 2.76 bits per heavy atom. The van der Waals surface area contributed by atoms with Crippen molar-refractivity contribution in [3.8, 4) is 11.1 Å². The second-order valence-corrected chi connectivity index (χ2v) is 9.61. The monoisotopic (exact) mass is 460 g/mol. The first-order chi connectivity index (χ1) is 16.6. The molecule has 1 saturated heterocycles. The number of nitro groups is 1. The smallest absolute Gasteiger partial charge is 0.320 e. The van der Waals surface area contributed by atoms with E-state index in [1.807, 2.05) is 17.3 Å². The van der Waals surface area contributed by atoms with Gasteiger partial charge in [0.05, 0.1) is 34.1 Å². The van der Waals surface area contributed by atoms with Crippen LogP contribution in [0, 0.1) is 16.0 Å². The molecule has 0 amide bonds. The van der Waals surface area contributed by atoms with Gasteiger partial charge in [0.15, 0.2) is 5.52 Å². The van der Waals surface area contributed by atoms with Crippen molar-refractivity contribution in [2.24, 2.45) is 5.92 Å². The van der Waals surface area contributed by atoms with Crippen molar-refractivity contribution in [2.75, 3.05) is 24.6 Å². The summed E-state index contributed by atoms with van der Waals surface area (Å²) >= 11 is 0. The van der Waals surface area contributed by atoms with E-state index in [-0.39, 0.29) is 23.1 Å². The Balaban J connectivity index is 1.47. The maximum atomic E-state index is 12.1. The Bertz CT molecular complexity index is 1370. The number of aliphatic hydroxyl groups excluding tert-OH is 1. The number of rotatable bonds is 5. The number of hydrogen-bond acceptors (Lipinski definition) is 6. The molecule has 9 heteroatoms. The standard InChI is InChI=1S/C25H28N6O3/c32-13-16-8-9-29(12-16)22-11-19(23-24(27-14-26-23)25(22)31(33)34)17-6-7-21-20(10-17)28-15-30(21)18-4-2-1-3-5-18/h6-7,10-11,14-16,18,32H,1-5,8-9,12-13H2,(H,26,27)/t16-/m0/s1. The Hall–Kier alpha value is -3.46. The summed E-state index contributed by atoms with van der Waals surface area (Å²) in [6, 6.07) is 8.67. The van der Waals surface area contributed by atoms with E-state index in [1.54, 1.807) is 0 Å². The van der Waals surface area contributed by atoms with Crippen molar-refractivity contribution in [1.82, 2.24) is 19.5 Å². The van der Waals surface area contributed by atoms with Gasteiger partial charge in [0.25, 0.3) is 0 Å². The minimum atomic E-state index is -0.344. The third kappa shape index (κ3) is 3.42. The van der Waals surface area contributed by atoms with E-state index in [1.165, 1.54) is 38.4 Å². The topological polar surface area (TPSA) is 113 Å². The molecule has 4 aromatic rings. The van der Waals surface area contributed by atoms with Crippen LogP contribution < -0.4 is 4.90 Å². The van der Waals surface area contributed by atoms with Gasteiger partial charge in [0.2, 0.25) is 0 Å². The quantitative estimate of drug-likeness (QED) is 0.326. The van der Waals surface area contributed by atoms with E-state index in [4.69, 9.17) is 4.98 Å². The van der Waals surface area contributed by atoms with Crippen LogP contribution in [0.3, 0.4) is 0 Å². The van der Waals surface area contributed by atoms with Crippen LogP contribution in [0.2, 0.25) is 0 Å². The van der Waals surface area contributed by atoms with Gasteiger partial charge in [-0.2, -0.15) is 0 Å².